The van der Waals surface area contributed by atoms with E-state index < -0.39 is 6.36 Å². The van der Waals surface area contributed by atoms with Crippen molar-refractivity contribution in [3.63, 3.8) is 0 Å². The van der Waals surface area contributed by atoms with Crippen LogP contribution < -0.4 is 10.5 Å². The van der Waals surface area contributed by atoms with Gasteiger partial charge in [0, 0.05) is 12.1 Å². The smallest absolute Gasteiger partial charge is 0.406 e. The van der Waals surface area contributed by atoms with E-state index >= 15 is 0 Å². The summed E-state index contributed by atoms with van der Waals surface area (Å²) in [7, 11) is 0. The van der Waals surface area contributed by atoms with Gasteiger partial charge in [0.05, 0.1) is 11.4 Å². The number of ether oxygens (including phenoxy) is 1. The Balaban J connectivity index is 0.00000200. The Morgan fingerprint density at radius 3 is 2.30 bits per heavy atom. The number of aromatic nitrogens is 2. The van der Waals surface area contributed by atoms with Gasteiger partial charge in [0.2, 0.25) is 0 Å². The topological polar surface area (TPSA) is 61.0 Å². The third kappa shape index (κ3) is 4.36. The number of hydrogen-bond donors (Lipinski definition) is 1. The highest BCUT2D eigenvalue weighted by atomic mass is 35.5. The van der Waals surface area contributed by atoms with Crippen LogP contribution in [0.1, 0.15) is 5.69 Å². The quantitative estimate of drug-likeness (QED) is 0.947. The van der Waals surface area contributed by atoms with Gasteiger partial charge in [0.25, 0.3) is 0 Å². The molecule has 2 rings (SSSR count). The second-order valence-corrected chi connectivity index (χ2v) is 3.67. The minimum absolute atomic E-state index is 0. The number of alkyl halides is 3. The third-order valence-electron chi connectivity index (χ3n) is 2.32. The molecule has 0 spiro atoms. The first kappa shape index (κ1) is 16.2. The third-order valence-corrected chi connectivity index (χ3v) is 2.32. The van der Waals surface area contributed by atoms with Gasteiger partial charge < -0.3 is 10.5 Å². The van der Waals surface area contributed by atoms with Gasteiger partial charge in [-0.05, 0) is 30.3 Å². The van der Waals surface area contributed by atoms with E-state index in [2.05, 4.69) is 14.7 Å². The molecule has 0 radical (unpaired) electrons. The molecule has 0 amide bonds. The Hall–Kier alpha value is -1.86. The van der Waals surface area contributed by atoms with Gasteiger partial charge >= 0.3 is 6.36 Å². The minimum atomic E-state index is -4.69. The van der Waals surface area contributed by atoms with Crippen molar-refractivity contribution in [1.82, 2.24) is 9.97 Å². The van der Waals surface area contributed by atoms with Gasteiger partial charge in [-0.2, -0.15) is 0 Å². The standard InChI is InChI=1S/C12H10F3N3O.ClH/c13-12(14,15)19-10-3-1-8(2-4-10)11-5-9(6-16)17-7-18-11;/h1-5,7H,6,16H2;1H. The molecule has 1 heterocycles. The van der Waals surface area contributed by atoms with E-state index in [1.165, 1.54) is 30.6 Å². The fraction of sp³-hybridized carbons (Fsp3) is 0.167. The molecule has 108 valence electrons. The number of hydrogen-bond acceptors (Lipinski definition) is 4. The van der Waals surface area contributed by atoms with Crippen molar-refractivity contribution < 1.29 is 17.9 Å². The van der Waals surface area contributed by atoms with Crippen LogP contribution in [-0.2, 0) is 6.54 Å². The molecule has 20 heavy (non-hydrogen) atoms. The molecule has 0 saturated heterocycles. The van der Waals surface area contributed by atoms with Crippen molar-refractivity contribution in [2.75, 3.05) is 0 Å². The fourth-order valence-electron chi connectivity index (χ4n) is 1.49. The van der Waals surface area contributed by atoms with E-state index in [0.29, 0.717) is 17.0 Å². The molecule has 2 N–H and O–H groups in total. The van der Waals surface area contributed by atoms with Gasteiger partial charge in [-0.15, -0.1) is 25.6 Å². The van der Waals surface area contributed by atoms with Crippen LogP contribution in [0.5, 0.6) is 5.75 Å². The predicted molar refractivity (Wildman–Crippen MR) is 69.3 cm³/mol. The van der Waals surface area contributed by atoms with Crippen LogP contribution in [0.25, 0.3) is 11.3 Å². The average molecular weight is 306 g/mol. The Bertz CT molecular complexity index is 561. The van der Waals surface area contributed by atoms with E-state index in [4.69, 9.17) is 5.73 Å². The zero-order valence-electron chi connectivity index (χ0n) is 10.1. The normalized spacial score (nSPS) is 10.8. The number of benzene rings is 1. The van der Waals surface area contributed by atoms with Crippen LogP contribution in [0, 0.1) is 0 Å². The van der Waals surface area contributed by atoms with Crippen LogP contribution in [0.4, 0.5) is 13.2 Å². The van der Waals surface area contributed by atoms with Crippen molar-refractivity contribution in [2.45, 2.75) is 12.9 Å². The van der Waals surface area contributed by atoms with Gasteiger partial charge in [0.15, 0.2) is 0 Å². The van der Waals surface area contributed by atoms with Crippen molar-refractivity contribution in [3.8, 4) is 17.0 Å². The maximum absolute atomic E-state index is 12.0. The lowest BCUT2D eigenvalue weighted by Crippen LogP contribution is -2.16. The zero-order valence-corrected chi connectivity index (χ0v) is 10.9. The van der Waals surface area contributed by atoms with Crippen molar-refractivity contribution in [1.29, 1.82) is 0 Å². The lowest BCUT2D eigenvalue weighted by atomic mass is 10.1. The minimum Gasteiger partial charge on any atom is -0.406 e. The highest BCUT2D eigenvalue weighted by molar-refractivity contribution is 5.85. The van der Waals surface area contributed by atoms with Crippen LogP contribution in [0.15, 0.2) is 36.7 Å². The van der Waals surface area contributed by atoms with Crippen LogP contribution in [-0.4, -0.2) is 16.3 Å². The monoisotopic (exact) mass is 305 g/mol. The van der Waals surface area contributed by atoms with Gasteiger partial charge in [-0.25, -0.2) is 9.97 Å². The number of nitrogens with zero attached hydrogens (tertiary/aromatic N) is 2. The molecule has 8 heteroatoms. The molecular formula is C12H11ClF3N3O. The Morgan fingerprint density at radius 2 is 1.75 bits per heavy atom. The first-order chi connectivity index (χ1) is 8.98. The molecule has 0 unspecified atom stereocenters. The van der Waals surface area contributed by atoms with Crippen LogP contribution in [0.2, 0.25) is 0 Å². The van der Waals surface area contributed by atoms with Crippen LogP contribution in [0.3, 0.4) is 0 Å². The molecule has 0 saturated carbocycles. The Morgan fingerprint density at radius 1 is 1.10 bits per heavy atom. The predicted octanol–water partition coefficient (Wildman–Crippen LogP) is 2.92. The van der Waals surface area contributed by atoms with E-state index in [1.807, 2.05) is 0 Å². The zero-order chi connectivity index (χ0) is 13.9. The van der Waals surface area contributed by atoms with Gasteiger partial charge in [-0.3, -0.25) is 0 Å². The van der Waals surface area contributed by atoms with Gasteiger partial charge in [-0.1, -0.05) is 0 Å². The first-order valence-electron chi connectivity index (χ1n) is 5.35. The lowest BCUT2D eigenvalue weighted by molar-refractivity contribution is -0.274. The molecule has 1 aromatic carbocycles. The second kappa shape index (κ2) is 6.53. The summed E-state index contributed by atoms with van der Waals surface area (Å²) >= 11 is 0. The highest BCUT2D eigenvalue weighted by Gasteiger charge is 2.30. The highest BCUT2D eigenvalue weighted by Crippen LogP contribution is 2.25. The van der Waals surface area contributed by atoms with E-state index in [-0.39, 0.29) is 24.7 Å². The van der Waals surface area contributed by atoms with Gasteiger partial charge in [0.1, 0.15) is 12.1 Å². The molecule has 0 atom stereocenters. The summed E-state index contributed by atoms with van der Waals surface area (Å²) in [4.78, 5) is 7.97. The summed E-state index contributed by atoms with van der Waals surface area (Å²) < 4.78 is 39.8. The largest absolute Gasteiger partial charge is 0.573 e. The fourth-order valence-corrected chi connectivity index (χ4v) is 1.49. The molecule has 1 aromatic heterocycles. The summed E-state index contributed by atoms with van der Waals surface area (Å²) in [5, 5.41) is 0. The van der Waals surface area contributed by atoms with Crippen molar-refractivity contribution in [2.24, 2.45) is 5.73 Å². The van der Waals surface area contributed by atoms with Crippen LogP contribution >= 0.6 is 12.4 Å². The summed E-state index contributed by atoms with van der Waals surface area (Å²) in [6.07, 6.45) is -3.33. The Labute approximate surface area is 119 Å². The molecular weight excluding hydrogens is 295 g/mol. The Kier molecular flexibility index (Phi) is 5.29. The number of nitrogens with two attached hydrogens (primary N) is 1. The molecule has 0 aliphatic carbocycles. The summed E-state index contributed by atoms with van der Waals surface area (Å²) in [6, 6.07) is 7.12. The van der Waals surface area contributed by atoms with E-state index in [0.717, 1.165) is 0 Å². The molecule has 0 aliphatic heterocycles. The van der Waals surface area contributed by atoms with Crippen molar-refractivity contribution >= 4 is 12.4 Å². The van der Waals surface area contributed by atoms with E-state index in [9.17, 15) is 13.2 Å². The SMILES string of the molecule is Cl.NCc1cc(-c2ccc(OC(F)(F)F)cc2)ncn1. The molecule has 0 aliphatic rings. The summed E-state index contributed by atoms with van der Waals surface area (Å²) in [5.74, 6) is -0.274. The number of halogens is 4. The number of rotatable bonds is 3. The first-order valence-corrected chi connectivity index (χ1v) is 5.35. The summed E-state index contributed by atoms with van der Waals surface area (Å²) in [6.45, 7) is 0.269. The maximum atomic E-state index is 12.0. The molecule has 4 nitrogen and oxygen atoms in total. The average Bonchev–Trinajstić information content (AvgIpc) is 2.38. The lowest BCUT2D eigenvalue weighted by Gasteiger charge is -2.09. The second-order valence-electron chi connectivity index (χ2n) is 3.67. The summed E-state index contributed by atoms with van der Waals surface area (Å²) in [5.41, 5.74) is 7.36. The molecule has 0 fully saturated rings. The van der Waals surface area contributed by atoms with E-state index in [1.54, 1.807) is 6.07 Å². The molecule has 0 bridgehead atoms. The van der Waals surface area contributed by atoms with Crippen molar-refractivity contribution in [3.05, 3.63) is 42.4 Å². The maximum Gasteiger partial charge on any atom is 0.573 e. The molecule has 2 aromatic rings.